The van der Waals surface area contributed by atoms with Crippen molar-refractivity contribution in [1.82, 2.24) is 19.3 Å². The van der Waals surface area contributed by atoms with Gasteiger partial charge >= 0.3 is 0 Å². The third kappa shape index (κ3) is 1.60. The maximum absolute atomic E-state index is 4.28. The minimum atomic E-state index is 0.638. The lowest BCUT2D eigenvalue weighted by molar-refractivity contribution is 0.745. The van der Waals surface area contributed by atoms with E-state index < -0.39 is 0 Å². The van der Waals surface area contributed by atoms with Crippen molar-refractivity contribution in [3.8, 4) is 0 Å². The molecule has 2 aromatic rings. The molecule has 15 heavy (non-hydrogen) atoms. The zero-order valence-corrected chi connectivity index (χ0v) is 8.59. The fourth-order valence-electron chi connectivity index (χ4n) is 1.65. The summed E-state index contributed by atoms with van der Waals surface area (Å²) in [5.74, 6) is 1.72. The molecule has 0 spiro atoms. The zero-order valence-electron chi connectivity index (χ0n) is 8.59. The number of aromatic nitrogens is 4. The van der Waals surface area contributed by atoms with Crippen molar-refractivity contribution in [1.29, 1.82) is 0 Å². The van der Waals surface area contributed by atoms with Crippen LogP contribution >= 0.6 is 0 Å². The molecule has 0 amide bonds. The Labute approximate surface area is 87.7 Å². The fourth-order valence-corrected chi connectivity index (χ4v) is 1.65. The Morgan fingerprint density at radius 1 is 1.40 bits per heavy atom. The summed E-state index contributed by atoms with van der Waals surface area (Å²) in [6.45, 7) is 0. The SMILES string of the molecule is Cn1ccc(Nc2nccn2C2CC2)n1. The van der Waals surface area contributed by atoms with E-state index in [0.29, 0.717) is 6.04 Å². The molecule has 0 atom stereocenters. The number of nitrogens with one attached hydrogen (secondary N) is 1. The van der Waals surface area contributed by atoms with Gasteiger partial charge in [-0.2, -0.15) is 5.10 Å². The number of anilines is 2. The predicted molar refractivity (Wildman–Crippen MR) is 57.0 cm³/mol. The van der Waals surface area contributed by atoms with Crippen molar-refractivity contribution in [3.05, 3.63) is 24.7 Å². The first-order valence-corrected chi connectivity index (χ1v) is 5.12. The van der Waals surface area contributed by atoms with Gasteiger partial charge in [0, 0.05) is 37.7 Å². The Balaban J connectivity index is 1.84. The zero-order chi connectivity index (χ0) is 10.3. The van der Waals surface area contributed by atoms with Gasteiger partial charge < -0.3 is 9.88 Å². The monoisotopic (exact) mass is 203 g/mol. The van der Waals surface area contributed by atoms with Crippen LogP contribution in [-0.4, -0.2) is 19.3 Å². The van der Waals surface area contributed by atoms with Crippen molar-refractivity contribution in [2.75, 3.05) is 5.32 Å². The highest BCUT2D eigenvalue weighted by Gasteiger charge is 2.25. The van der Waals surface area contributed by atoms with Gasteiger partial charge in [-0.3, -0.25) is 4.68 Å². The van der Waals surface area contributed by atoms with E-state index in [1.54, 1.807) is 4.68 Å². The number of imidazole rings is 1. The second-order valence-electron chi connectivity index (χ2n) is 3.89. The van der Waals surface area contributed by atoms with Crippen LogP contribution in [0.1, 0.15) is 18.9 Å². The average Bonchev–Trinajstić information content (AvgIpc) is 2.83. The first kappa shape index (κ1) is 8.52. The summed E-state index contributed by atoms with van der Waals surface area (Å²) >= 11 is 0. The van der Waals surface area contributed by atoms with Crippen molar-refractivity contribution in [3.63, 3.8) is 0 Å². The molecule has 0 bridgehead atoms. The van der Waals surface area contributed by atoms with Crippen LogP contribution in [0.15, 0.2) is 24.7 Å². The number of rotatable bonds is 3. The van der Waals surface area contributed by atoms with E-state index in [0.717, 1.165) is 11.8 Å². The van der Waals surface area contributed by atoms with Crippen LogP contribution in [0.4, 0.5) is 11.8 Å². The Kier molecular flexibility index (Phi) is 1.77. The number of hydrogen-bond acceptors (Lipinski definition) is 3. The molecule has 1 aliphatic carbocycles. The van der Waals surface area contributed by atoms with E-state index in [2.05, 4.69) is 20.0 Å². The number of aryl methyl sites for hydroxylation is 1. The topological polar surface area (TPSA) is 47.7 Å². The molecular formula is C10H13N5. The molecule has 5 heteroatoms. The summed E-state index contributed by atoms with van der Waals surface area (Å²) in [7, 11) is 1.90. The number of nitrogens with zero attached hydrogens (tertiary/aromatic N) is 4. The summed E-state index contributed by atoms with van der Waals surface area (Å²) < 4.78 is 3.95. The van der Waals surface area contributed by atoms with Crippen LogP contribution < -0.4 is 5.32 Å². The summed E-state index contributed by atoms with van der Waals surface area (Å²) in [5, 5.41) is 7.47. The summed E-state index contributed by atoms with van der Waals surface area (Å²) in [4.78, 5) is 4.28. The largest absolute Gasteiger partial charge is 0.314 e. The minimum absolute atomic E-state index is 0.638. The standard InChI is InChI=1S/C10H13N5/c1-14-6-4-9(13-14)12-10-11-5-7-15(10)8-2-3-8/h4-8H,2-3H2,1H3,(H,11,12,13). The molecule has 1 fully saturated rings. The molecule has 1 saturated carbocycles. The minimum Gasteiger partial charge on any atom is -0.314 e. The molecule has 0 saturated heterocycles. The Bertz CT molecular complexity index is 466. The second kappa shape index (κ2) is 3.12. The number of hydrogen-bond donors (Lipinski definition) is 1. The van der Waals surface area contributed by atoms with Crippen molar-refractivity contribution in [2.24, 2.45) is 7.05 Å². The van der Waals surface area contributed by atoms with Crippen molar-refractivity contribution in [2.45, 2.75) is 18.9 Å². The van der Waals surface area contributed by atoms with Gasteiger partial charge in [0.15, 0.2) is 5.82 Å². The van der Waals surface area contributed by atoms with Gasteiger partial charge in [-0.1, -0.05) is 0 Å². The molecule has 2 heterocycles. The molecular weight excluding hydrogens is 190 g/mol. The van der Waals surface area contributed by atoms with Crippen LogP contribution in [0.5, 0.6) is 0 Å². The maximum atomic E-state index is 4.28. The highest BCUT2D eigenvalue weighted by Crippen LogP contribution is 2.37. The van der Waals surface area contributed by atoms with E-state index in [1.807, 2.05) is 31.7 Å². The van der Waals surface area contributed by atoms with Crippen LogP contribution in [0.2, 0.25) is 0 Å². The van der Waals surface area contributed by atoms with Gasteiger partial charge in [0.25, 0.3) is 0 Å². The van der Waals surface area contributed by atoms with E-state index >= 15 is 0 Å². The molecule has 78 valence electrons. The van der Waals surface area contributed by atoms with Crippen LogP contribution in [0, 0.1) is 0 Å². The van der Waals surface area contributed by atoms with Crippen LogP contribution in [0.25, 0.3) is 0 Å². The lowest BCUT2D eigenvalue weighted by Crippen LogP contribution is -2.02. The quantitative estimate of drug-likeness (QED) is 0.825. The Hall–Kier alpha value is -1.78. The lowest BCUT2D eigenvalue weighted by atomic mass is 10.6. The summed E-state index contributed by atoms with van der Waals surface area (Å²) in [5.41, 5.74) is 0. The van der Waals surface area contributed by atoms with Gasteiger partial charge in [0.1, 0.15) is 0 Å². The molecule has 5 nitrogen and oxygen atoms in total. The van der Waals surface area contributed by atoms with E-state index in [9.17, 15) is 0 Å². The molecule has 0 unspecified atom stereocenters. The smallest absolute Gasteiger partial charge is 0.208 e. The second-order valence-corrected chi connectivity index (χ2v) is 3.89. The lowest BCUT2D eigenvalue weighted by Gasteiger charge is -2.05. The molecule has 0 aromatic carbocycles. The van der Waals surface area contributed by atoms with E-state index in [-0.39, 0.29) is 0 Å². The first-order valence-electron chi connectivity index (χ1n) is 5.12. The van der Waals surface area contributed by atoms with E-state index in [1.165, 1.54) is 12.8 Å². The normalized spacial score (nSPS) is 15.5. The van der Waals surface area contributed by atoms with Gasteiger partial charge in [-0.15, -0.1) is 0 Å². The van der Waals surface area contributed by atoms with E-state index in [4.69, 9.17) is 0 Å². The summed E-state index contributed by atoms with van der Waals surface area (Å²) in [6, 6.07) is 2.57. The van der Waals surface area contributed by atoms with Gasteiger partial charge in [-0.05, 0) is 12.8 Å². The molecule has 0 radical (unpaired) electrons. The summed E-state index contributed by atoms with van der Waals surface area (Å²) in [6.07, 6.45) is 8.26. The maximum Gasteiger partial charge on any atom is 0.208 e. The molecule has 3 rings (SSSR count). The Morgan fingerprint density at radius 3 is 2.93 bits per heavy atom. The van der Waals surface area contributed by atoms with Gasteiger partial charge in [0.05, 0.1) is 0 Å². The van der Waals surface area contributed by atoms with Crippen molar-refractivity contribution < 1.29 is 0 Å². The highest BCUT2D eigenvalue weighted by atomic mass is 15.3. The molecule has 0 aliphatic heterocycles. The third-order valence-electron chi connectivity index (χ3n) is 2.56. The van der Waals surface area contributed by atoms with Crippen molar-refractivity contribution >= 4 is 11.8 Å². The molecule has 2 aromatic heterocycles. The van der Waals surface area contributed by atoms with Crippen LogP contribution in [-0.2, 0) is 7.05 Å². The Morgan fingerprint density at radius 2 is 2.27 bits per heavy atom. The average molecular weight is 203 g/mol. The fraction of sp³-hybridized carbons (Fsp3) is 0.400. The first-order chi connectivity index (χ1) is 7.33. The predicted octanol–water partition coefficient (Wildman–Crippen LogP) is 1.70. The molecule has 1 N–H and O–H groups in total. The molecule has 1 aliphatic rings. The highest BCUT2D eigenvalue weighted by molar-refractivity contribution is 5.47. The van der Waals surface area contributed by atoms with Crippen LogP contribution in [0.3, 0.4) is 0 Å². The third-order valence-corrected chi connectivity index (χ3v) is 2.56. The van der Waals surface area contributed by atoms with Gasteiger partial charge in [0.2, 0.25) is 5.95 Å². The van der Waals surface area contributed by atoms with Gasteiger partial charge in [-0.25, -0.2) is 4.98 Å².